The molecule has 2 atom stereocenters. The highest BCUT2D eigenvalue weighted by Gasteiger charge is 2.31. The molecule has 2 N–H and O–H groups in total. The van der Waals surface area contributed by atoms with Crippen LogP contribution in [0.25, 0.3) is 0 Å². The van der Waals surface area contributed by atoms with Gasteiger partial charge < -0.3 is 5.73 Å². The lowest BCUT2D eigenvalue weighted by Crippen LogP contribution is -2.42. The molecule has 0 bridgehead atoms. The molecule has 0 aromatic rings. The third kappa shape index (κ3) is 3.68. The van der Waals surface area contributed by atoms with E-state index in [1.54, 1.807) is 4.31 Å². The molecule has 0 radical (unpaired) electrons. The molecular weight excluding hydrogens is 248 g/mol. The average molecular weight is 276 g/mol. The predicted octanol–water partition coefficient (Wildman–Crippen LogP) is 1.81. The van der Waals surface area contributed by atoms with Crippen molar-refractivity contribution in [3.8, 4) is 0 Å². The van der Waals surface area contributed by atoms with Gasteiger partial charge in [0, 0.05) is 19.6 Å². The van der Waals surface area contributed by atoms with Crippen molar-refractivity contribution in [2.45, 2.75) is 51.7 Å². The summed E-state index contributed by atoms with van der Waals surface area (Å²) >= 11 is 0. The minimum Gasteiger partial charge on any atom is -0.329 e. The molecule has 1 aliphatic heterocycles. The minimum atomic E-state index is -3.19. The Labute approximate surface area is 112 Å². The number of hydrogen-bond acceptors (Lipinski definition) is 3. The maximum Gasteiger partial charge on any atom is 0.218 e. The van der Waals surface area contributed by atoms with Crippen LogP contribution < -0.4 is 5.73 Å². The molecule has 1 fully saturated rings. The van der Waals surface area contributed by atoms with Crippen LogP contribution in [0.2, 0.25) is 0 Å². The molecule has 1 rings (SSSR count). The normalized spacial score (nSPS) is 25.1. The number of nitrogens with two attached hydrogens (primary N) is 1. The lowest BCUT2D eigenvalue weighted by molar-refractivity contribution is 0.340. The second kappa shape index (κ2) is 6.87. The summed E-state index contributed by atoms with van der Waals surface area (Å²) in [5.41, 5.74) is 5.58. The standard InChI is InChI=1S/C13H28N2O2S/c1-4-13(10-14)18(16,17)15-8-5-6-12(7-9-15)11(2)3/h11-13H,4-10,14H2,1-3H3. The van der Waals surface area contributed by atoms with Crippen molar-refractivity contribution in [1.82, 2.24) is 4.31 Å². The number of nitrogens with zero attached hydrogens (tertiary/aromatic N) is 1. The van der Waals surface area contributed by atoms with Gasteiger partial charge in [-0.3, -0.25) is 0 Å². The third-order valence-corrected chi connectivity index (χ3v) is 6.63. The molecular formula is C13H28N2O2S. The Morgan fingerprint density at radius 3 is 2.44 bits per heavy atom. The van der Waals surface area contributed by atoms with Gasteiger partial charge in [0.15, 0.2) is 0 Å². The van der Waals surface area contributed by atoms with E-state index in [4.69, 9.17) is 5.73 Å². The molecule has 0 aromatic heterocycles. The number of rotatable bonds is 5. The first-order valence-electron chi connectivity index (χ1n) is 7.12. The van der Waals surface area contributed by atoms with E-state index in [1.807, 2.05) is 6.92 Å². The van der Waals surface area contributed by atoms with Gasteiger partial charge in [-0.15, -0.1) is 0 Å². The maximum absolute atomic E-state index is 12.4. The Bertz CT molecular complexity index is 337. The highest BCUT2D eigenvalue weighted by atomic mass is 32.2. The zero-order valence-corrected chi connectivity index (χ0v) is 12.7. The van der Waals surface area contributed by atoms with Crippen LogP contribution >= 0.6 is 0 Å². The van der Waals surface area contributed by atoms with E-state index in [-0.39, 0.29) is 6.54 Å². The molecule has 4 nitrogen and oxygen atoms in total. The van der Waals surface area contributed by atoms with Crippen LogP contribution in [0, 0.1) is 11.8 Å². The quantitative estimate of drug-likeness (QED) is 0.833. The fraction of sp³-hybridized carbons (Fsp3) is 1.00. The molecule has 1 heterocycles. The van der Waals surface area contributed by atoms with Crippen LogP contribution in [0.4, 0.5) is 0 Å². The van der Waals surface area contributed by atoms with Gasteiger partial charge >= 0.3 is 0 Å². The monoisotopic (exact) mass is 276 g/mol. The topological polar surface area (TPSA) is 63.4 Å². The summed E-state index contributed by atoms with van der Waals surface area (Å²) in [7, 11) is -3.19. The second-order valence-electron chi connectivity index (χ2n) is 5.64. The average Bonchev–Trinajstić information content (AvgIpc) is 2.55. The third-order valence-electron chi connectivity index (χ3n) is 4.17. The van der Waals surface area contributed by atoms with Crippen LogP contribution in [0.3, 0.4) is 0 Å². The molecule has 5 heteroatoms. The first kappa shape index (κ1) is 15.9. The van der Waals surface area contributed by atoms with Crippen molar-refractivity contribution in [2.75, 3.05) is 19.6 Å². The fourth-order valence-electron chi connectivity index (χ4n) is 2.73. The van der Waals surface area contributed by atoms with Crippen LogP contribution in [0.1, 0.15) is 46.5 Å². The van der Waals surface area contributed by atoms with Gasteiger partial charge in [-0.25, -0.2) is 12.7 Å². The van der Waals surface area contributed by atoms with Gasteiger partial charge in [0.05, 0.1) is 5.25 Å². The Morgan fingerprint density at radius 1 is 1.28 bits per heavy atom. The van der Waals surface area contributed by atoms with Crippen molar-refractivity contribution in [3.05, 3.63) is 0 Å². The first-order valence-corrected chi connectivity index (χ1v) is 8.62. The van der Waals surface area contributed by atoms with E-state index in [9.17, 15) is 8.42 Å². The van der Waals surface area contributed by atoms with Crippen molar-refractivity contribution >= 4 is 10.0 Å². The van der Waals surface area contributed by atoms with Crippen LogP contribution in [-0.4, -0.2) is 37.6 Å². The molecule has 18 heavy (non-hydrogen) atoms. The first-order chi connectivity index (χ1) is 8.43. The summed E-state index contributed by atoms with van der Waals surface area (Å²) in [6.07, 6.45) is 3.70. The Morgan fingerprint density at radius 2 is 1.94 bits per heavy atom. The van der Waals surface area contributed by atoms with E-state index in [0.717, 1.165) is 19.3 Å². The highest BCUT2D eigenvalue weighted by Crippen LogP contribution is 2.26. The molecule has 108 valence electrons. The molecule has 1 aliphatic rings. The fourth-order valence-corrected chi connectivity index (χ4v) is 4.56. The van der Waals surface area contributed by atoms with Gasteiger partial charge in [-0.05, 0) is 37.5 Å². The van der Waals surface area contributed by atoms with E-state index < -0.39 is 15.3 Å². The van der Waals surface area contributed by atoms with Crippen molar-refractivity contribution in [2.24, 2.45) is 17.6 Å². The summed E-state index contributed by atoms with van der Waals surface area (Å²) < 4.78 is 26.5. The number of sulfonamides is 1. The van der Waals surface area contributed by atoms with Gasteiger partial charge in [0.25, 0.3) is 0 Å². The molecule has 2 unspecified atom stereocenters. The molecule has 0 amide bonds. The minimum absolute atomic E-state index is 0.225. The lowest BCUT2D eigenvalue weighted by atomic mass is 9.89. The predicted molar refractivity (Wildman–Crippen MR) is 75.8 cm³/mol. The molecule has 0 saturated carbocycles. The Kier molecular flexibility index (Phi) is 6.08. The van der Waals surface area contributed by atoms with Gasteiger partial charge in [0.1, 0.15) is 0 Å². The SMILES string of the molecule is CCC(CN)S(=O)(=O)N1CCCC(C(C)C)CC1. The van der Waals surface area contributed by atoms with E-state index >= 15 is 0 Å². The van der Waals surface area contributed by atoms with Gasteiger partial charge in [-0.2, -0.15) is 0 Å². The van der Waals surface area contributed by atoms with Gasteiger partial charge in [-0.1, -0.05) is 20.8 Å². The van der Waals surface area contributed by atoms with E-state index in [2.05, 4.69) is 13.8 Å². The molecule has 0 spiro atoms. The zero-order valence-electron chi connectivity index (χ0n) is 11.9. The van der Waals surface area contributed by atoms with Gasteiger partial charge in [0.2, 0.25) is 10.0 Å². The largest absolute Gasteiger partial charge is 0.329 e. The van der Waals surface area contributed by atoms with E-state index in [0.29, 0.717) is 31.3 Å². The summed E-state index contributed by atoms with van der Waals surface area (Å²) in [5, 5.41) is -0.409. The maximum atomic E-state index is 12.4. The lowest BCUT2D eigenvalue weighted by Gasteiger charge is -2.25. The summed E-state index contributed by atoms with van der Waals surface area (Å²) in [4.78, 5) is 0. The van der Waals surface area contributed by atoms with E-state index in [1.165, 1.54) is 0 Å². The molecule has 0 aliphatic carbocycles. The second-order valence-corrected chi connectivity index (χ2v) is 7.86. The van der Waals surface area contributed by atoms with Crippen LogP contribution in [-0.2, 0) is 10.0 Å². The van der Waals surface area contributed by atoms with Crippen LogP contribution in [0.5, 0.6) is 0 Å². The van der Waals surface area contributed by atoms with Crippen LogP contribution in [0.15, 0.2) is 0 Å². The molecule has 0 aromatic carbocycles. The highest BCUT2D eigenvalue weighted by molar-refractivity contribution is 7.89. The van der Waals surface area contributed by atoms with Crippen molar-refractivity contribution < 1.29 is 8.42 Å². The molecule has 1 saturated heterocycles. The summed E-state index contributed by atoms with van der Waals surface area (Å²) in [6, 6.07) is 0. The Balaban J connectivity index is 2.73. The Hall–Kier alpha value is -0.130. The van der Waals surface area contributed by atoms with Crippen molar-refractivity contribution in [1.29, 1.82) is 0 Å². The zero-order chi connectivity index (χ0) is 13.8. The summed E-state index contributed by atoms with van der Waals surface area (Å²) in [5.74, 6) is 1.30. The number of hydrogen-bond donors (Lipinski definition) is 1. The summed E-state index contributed by atoms with van der Waals surface area (Å²) in [6.45, 7) is 7.91. The van der Waals surface area contributed by atoms with Crippen molar-refractivity contribution in [3.63, 3.8) is 0 Å². The smallest absolute Gasteiger partial charge is 0.218 e.